The third kappa shape index (κ3) is 3.36. The average molecular weight is 408 g/mol. The molecule has 0 unspecified atom stereocenters. The van der Waals surface area contributed by atoms with Crippen LogP contribution in [0.2, 0.25) is 0 Å². The Bertz CT molecular complexity index is 452. The number of hydrogen-bond donors (Lipinski definition) is 0. The maximum Gasteiger partial charge on any atom is 0.384 e. The van der Waals surface area contributed by atoms with Gasteiger partial charge in [-0.05, 0) is 6.42 Å². The Balaban J connectivity index is 6.20. The van der Waals surface area contributed by atoms with E-state index in [1.807, 2.05) is 0 Å². The smallest absolute Gasteiger partial charge is 0.203 e. The molecule has 0 amide bonds. The van der Waals surface area contributed by atoms with Crippen LogP contribution in [0.4, 0.5) is 61.5 Å². The van der Waals surface area contributed by atoms with Crippen molar-refractivity contribution in [3.05, 3.63) is 0 Å². The van der Waals surface area contributed by atoms with E-state index in [-0.39, 0.29) is 6.42 Å². The Morgan fingerprint density at radius 3 is 1.28 bits per heavy atom. The second-order valence-corrected chi connectivity index (χ2v) is 5.03. The molecular weight excluding hydrogens is 398 g/mol. The third-order valence-corrected chi connectivity index (χ3v) is 3.18. The molecule has 0 spiro atoms. The van der Waals surface area contributed by atoms with Gasteiger partial charge in [0.2, 0.25) is 0 Å². The van der Waals surface area contributed by atoms with Crippen LogP contribution in [-0.4, -0.2) is 42.0 Å². The number of alkyl halides is 14. The summed E-state index contributed by atoms with van der Waals surface area (Å²) in [5, 5.41) is 0. The van der Waals surface area contributed by atoms with E-state index in [0.717, 1.165) is 6.92 Å². The van der Waals surface area contributed by atoms with E-state index in [1.165, 1.54) is 0 Å². The van der Waals surface area contributed by atoms with Gasteiger partial charge in [0, 0.05) is 6.42 Å². The van der Waals surface area contributed by atoms with Gasteiger partial charge in [0.1, 0.15) is 0 Å². The van der Waals surface area contributed by atoms with Crippen molar-refractivity contribution in [2.75, 3.05) is 0 Å². The van der Waals surface area contributed by atoms with Gasteiger partial charge in [-0.1, -0.05) is 13.3 Å². The van der Waals surface area contributed by atoms with Crippen LogP contribution in [0.25, 0.3) is 0 Å². The molecule has 0 aliphatic heterocycles. The maximum absolute atomic E-state index is 13.2. The largest absolute Gasteiger partial charge is 0.384 e. The summed E-state index contributed by atoms with van der Waals surface area (Å²) in [5.74, 6) is -43.9. The molecule has 0 bridgehead atoms. The predicted molar refractivity (Wildman–Crippen MR) is 55.2 cm³/mol. The lowest BCUT2D eigenvalue weighted by Crippen LogP contribution is -2.71. The van der Waals surface area contributed by atoms with Crippen molar-refractivity contribution < 1.29 is 61.5 Å². The summed E-state index contributed by atoms with van der Waals surface area (Å²) in [6, 6.07) is 0. The van der Waals surface area contributed by atoms with Crippen LogP contribution in [0.15, 0.2) is 0 Å². The van der Waals surface area contributed by atoms with Crippen molar-refractivity contribution in [1.82, 2.24) is 0 Å². The first kappa shape index (κ1) is 24.0. The number of unbranched alkanes of at least 4 members (excludes halogenated alkanes) is 1. The van der Waals surface area contributed by atoms with Crippen LogP contribution in [0.5, 0.6) is 0 Å². The summed E-state index contributed by atoms with van der Waals surface area (Å²) < 4.78 is 179. The van der Waals surface area contributed by atoms with E-state index >= 15 is 0 Å². The molecule has 0 radical (unpaired) electrons. The molecule has 0 aromatic heterocycles. The van der Waals surface area contributed by atoms with Crippen LogP contribution in [-0.2, 0) is 0 Å². The fourth-order valence-electron chi connectivity index (χ4n) is 1.53. The summed E-state index contributed by atoms with van der Waals surface area (Å²) in [7, 11) is 0. The first-order valence-corrected chi connectivity index (χ1v) is 6.30. The molecule has 0 rings (SSSR count). The number of rotatable bonds is 9. The van der Waals surface area contributed by atoms with Crippen molar-refractivity contribution in [3.8, 4) is 0 Å². The van der Waals surface area contributed by atoms with Crippen molar-refractivity contribution in [2.45, 2.75) is 68.1 Å². The van der Waals surface area contributed by atoms with E-state index in [0.29, 0.717) is 0 Å². The van der Waals surface area contributed by atoms with Crippen LogP contribution in [0.3, 0.4) is 0 Å². The van der Waals surface area contributed by atoms with Gasteiger partial charge in [0.15, 0.2) is 0 Å². The Morgan fingerprint density at radius 2 is 0.960 bits per heavy atom. The average Bonchev–Trinajstić information content (AvgIpc) is 2.43. The number of halogens is 14. The fraction of sp³-hybridized carbons (Fsp3) is 1.00. The van der Waals surface area contributed by atoms with E-state index in [9.17, 15) is 61.5 Å². The lowest BCUT2D eigenvalue weighted by atomic mass is 9.90. The molecule has 0 N–H and O–H groups in total. The first-order valence-electron chi connectivity index (χ1n) is 6.30. The molecule has 0 aromatic rings. The minimum absolute atomic E-state index is 0.326. The zero-order valence-electron chi connectivity index (χ0n) is 12.0. The molecule has 0 heterocycles. The standard InChI is InChI=1S/C11H10F14/c1-2-3-4-6(14,15)8(18,19)10(22,23)11(24,25)9(20,21)7(16,17)5(12)13/h5H,2-4H2,1H3. The van der Waals surface area contributed by atoms with E-state index in [2.05, 4.69) is 0 Å². The first-order chi connectivity index (χ1) is 10.8. The Hall–Kier alpha value is -0.980. The van der Waals surface area contributed by atoms with Gasteiger partial charge in [-0.2, -0.15) is 52.7 Å². The summed E-state index contributed by atoms with van der Waals surface area (Å²) in [4.78, 5) is 0. The molecule has 25 heavy (non-hydrogen) atoms. The molecule has 0 nitrogen and oxygen atoms in total. The molecule has 0 aliphatic carbocycles. The molecule has 14 heteroatoms. The second kappa shape index (κ2) is 6.63. The molecule has 0 fully saturated rings. The van der Waals surface area contributed by atoms with Gasteiger partial charge in [0.25, 0.3) is 0 Å². The Morgan fingerprint density at radius 1 is 0.600 bits per heavy atom. The summed E-state index contributed by atoms with van der Waals surface area (Å²) >= 11 is 0. The van der Waals surface area contributed by atoms with Crippen LogP contribution >= 0.6 is 0 Å². The number of hydrogen-bond acceptors (Lipinski definition) is 0. The van der Waals surface area contributed by atoms with Crippen molar-refractivity contribution in [2.24, 2.45) is 0 Å². The van der Waals surface area contributed by atoms with Gasteiger partial charge in [-0.25, -0.2) is 8.78 Å². The normalized spacial score (nSPS) is 15.8. The highest BCUT2D eigenvalue weighted by Gasteiger charge is 2.90. The molecule has 0 atom stereocenters. The quantitative estimate of drug-likeness (QED) is 0.396. The monoisotopic (exact) mass is 408 g/mol. The topological polar surface area (TPSA) is 0 Å². The van der Waals surface area contributed by atoms with E-state index in [1.54, 1.807) is 0 Å². The van der Waals surface area contributed by atoms with Gasteiger partial charge in [-0.15, -0.1) is 0 Å². The van der Waals surface area contributed by atoms with Gasteiger partial charge >= 0.3 is 42.0 Å². The van der Waals surface area contributed by atoms with Crippen molar-refractivity contribution in [3.63, 3.8) is 0 Å². The predicted octanol–water partition coefficient (Wildman–Crippen LogP) is 6.25. The zero-order valence-corrected chi connectivity index (χ0v) is 12.0. The molecule has 0 saturated carbocycles. The summed E-state index contributed by atoms with van der Waals surface area (Å²) in [5.41, 5.74) is 0. The highest BCUT2D eigenvalue weighted by atomic mass is 19.4. The zero-order chi connectivity index (χ0) is 20.7. The Kier molecular flexibility index (Phi) is 6.37. The van der Waals surface area contributed by atoms with Crippen molar-refractivity contribution >= 4 is 0 Å². The van der Waals surface area contributed by atoms with E-state index in [4.69, 9.17) is 0 Å². The molecular formula is C11H10F14. The lowest BCUT2D eigenvalue weighted by Gasteiger charge is -2.41. The van der Waals surface area contributed by atoms with E-state index < -0.39 is 54.8 Å². The molecule has 152 valence electrons. The van der Waals surface area contributed by atoms with Gasteiger partial charge in [-0.3, -0.25) is 0 Å². The van der Waals surface area contributed by atoms with Gasteiger partial charge in [0.05, 0.1) is 0 Å². The lowest BCUT2D eigenvalue weighted by molar-refractivity contribution is -0.433. The second-order valence-electron chi connectivity index (χ2n) is 5.03. The fourth-order valence-corrected chi connectivity index (χ4v) is 1.53. The minimum atomic E-state index is -7.93. The summed E-state index contributed by atoms with van der Waals surface area (Å²) in [6.45, 7) is 1.10. The molecule has 0 saturated heterocycles. The minimum Gasteiger partial charge on any atom is -0.203 e. The van der Waals surface area contributed by atoms with Crippen LogP contribution in [0.1, 0.15) is 26.2 Å². The van der Waals surface area contributed by atoms with Gasteiger partial charge < -0.3 is 0 Å². The third-order valence-electron chi connectivity index (χ3n) is 3.18. The highest BCUT2D eigenvalue weighted by Crippen LogP contribution is 2.61. The van der Waals surface area contributed by atoms with Crippen LogP contribution < -0.4 is 0 Å². The maximum atomic E-state index is 13.2. The van der Waals surface area contributed by atoms with Crippen molar-refractivity contribution in [1.29, 1.82) is 0 Å². The Labute approximate surface area is 131 Å². The SMILES string of the molecule is CCCCC(F)(F)C(F)(F)C(F)(F)C(F)(F)C(F)(F)C(F)(F)C(F)F. The molecule has 0 aliphatic rings. The highest BCUT2D eigenvalue weighted by molar-refractivity contribution is 5.12. The van der Waals surface area contributed by atoms with Crippen LogP contribution in [0, 0.1) is 0 Å². The summed E-state index contributed by atoms with van der Waals surface area (Å²) in [6.07, 6.45) is -9.10. The molecule has 0 aromatic carbocycles.